The lowest BCUT2D eigenvalue weighted by Crippen LogP contribution is -2.26. The second-order valence-corrected chi connectivity index (χ2v) is 8.33. The first-order valence-electron chi connectivity index (χ1n) is 11.7. The molecule has 1 N–H and O–H groups in total. The molecule has 2 heterocycles. The van der Waals surface area contributed by atoms with Gasteiger partial charge in [-0.15, -0.1) is 0 Å². The molecule has 1 amide bonds. The molecule has 7 nitrogen and oxygen atoms in total. The van der Waals surface area contributed by atoms with E-state index in [0.29, 0.717) is 27.9 Å². The molecule has 0 radical (unpaired) electrons. The quantitative estimate of drug-likeness (QED) is 0.326. The van der Waals surface area contributed by atoms with Crippen molar-refractivity contribution in [2.45, 2.75) is 0 Å². The summed E-state index contributed by atoms with van der Waals surface area (Å²) in [6.07, 6.45) is 0. The van der Waals surface area contributed by atoms with Gasteiger partial charge in [-0.3, -0.25) is 14.9 Å². The summed E-state index contributed by atoms with van der Waals surface area (Å²) in [5.74, 6) is -0.00414. The van der Waals surface area contributed by atoms with Crippen molar-refractivity contribution in [2.24, 2.45) is 0 Å². The van der Waals surface area contributed by atoms with Gasteiger partial charge >= 0.3 is 6.01 Å². The monoisotopic (exact) mass is 484 g/mol. The molecular formula is C30H20N4O3. The minimum Gasteiger partial charge on any atom is -0.423 e. The zero-order valence-corrected chi connectivity index (χ0v) is 19.5. The molecule has 0 fully saturated rings. The average molecular weight is 485 g/mol. The second-order valence-electron chi connectivity index (χ2n) is 8.33. The summed E-state index contributed by atoms with van der Waals surface area (Å²) in [4.78, 5) is 31.3. The summed E-state index contributed by atoms with van der Waals surface area (Å²) in [5, 5.41) is 8.01. The Morgan fingerprint density at radius 3 is 1.95 bits per heavy atom. The lowest BCUT2D eigenvalue weighted by molar-refractivity contribution is 0.101. The molecule has 0 saturated heterocycles. The Kier molecular flexibility index (Phi) is 5.63. The molecule has 37 heavy (non-hydrogen) atoms. The van der Waals surface area contributed by atoms with E-state index in [0.717, 1.165) is 11.1 Å². The smallest absolute Gasteiger partial charge is 0.302 e. The Morgan fingerprint density at radius 2 is 1.27 bits per heavy atom. The number of fused-ring (bicyclic) bond motifs is 1. The molecule has 6 rings (SSSR count). The topological polar surface area (TPSA) is 90.0 Å². The maximum absolute atomic E-state index is 13.5. The van der Waals surface area contributed by atoms with Gasteiger partial charge in [-0.25, -0.2) is 0 Å². The van der Waals surface area contributed by atoms with Gasteiger partial charge in [0.25, 0.3) is 11.5 Å². The highest BCUT2D eigenvalue weighted by atomic mass is 16.4. The van der Waals surface area contributed by atoms with Crippen molar-refractivity contribution in [3.8, 4) is 28.3 Å². The predicted molar refractivity (Wildman–Crippen MR) is 143 cm³/mol. The molecule has 0 aliphatic rings. The van der Waals surface area contributed by atoms with E-state index in [9.17, 15) is 9.59 Å². The van der Waals surface area contributed by atoms with Crippen molar-refractivity contribution in [3.63, 3.8) is 0 Å². The number of carbonyl (C=O) groups excluding carboxylic acids is 1. The lowest BCUT2D eigenvalue weighted by Gasteiger charge is -2.10. The minimum atomic E-state index is -0.540. The number of oxazole rings is 1. The molecule has 0 aliphatic carbocycles. The molecule has 0 bridgehead atoms. The van der Waals surface area contributed by atoms with Gasteiger partial charge in [0.2, 0.25) is 0 Å². The fraction of sp³-hybridized carbons (Fsp3) is 0. The highest BCUT2D eigenvalue weighted by Gasteiger charge is 2.22. The predicted octanol–water partition coefficient (Wildman–Crippen LogP) is 5.96. The number of benzene rings is 4. The van der Waals surface area contributed by atoms with Gasteiger partial charge in [0.15, 0.2) is 11.5 Å². The number of para-hydroxylation sites is 1. The third-order valence-corrected chi connectivity index (χ3v) is 5.95. The van der Waals surface area contributed by atoms with E-state index in [1.54, 1.807) is 48.5 Å². The van der Waals surface area contributed by atoms with E-state index < -0.39 is 5.91 Å². The van der Waals surface area contributed by atoms with Crippen molar-refractivity contribution in [1.82, 2.24) is 14.8 Å². The maximum Gasteiger partial charge on any atom is 0.302 e. The third kappa shape index (κ3) is 4.19. The second kappa shape index (κ2) is 9.39. The summed E-state index contributed by atoms with van der Waals surface area (Å²) in [5.41, 5.74) is 2.62. The number of nitrogens with one attached hydrogen (secondary N) is 1. The molecule has 6 aromatic rings. The number of hydrogen-bond acceptors (Lipinski definition) is 5. The molecule has 0 atom stereocenters. The number of aromatic nitrogens is 3. The van der Waals surface area contributed by atoms with Crippen LogP contribution in [-0.4, -0.2) is 20.7 Å². The third-order valence-electron chi connectivity index (χ3n) is 5.95. The van der Waals surface area contributed by atoms with Crippen LogP contribution in [0.3, 0.4) is 0 Å². The average Bonchev–Trinajstić information content (AvgIpc) is 3.38. The summed E-state index contributed by atoms with van der Waals surface area (Å²) in [7, 11) is 0. The van der Waals surface area contributed by atoms with Crippen LogP contribution in [0.5, 0.6) is 0 Å². The van der Waals surface area contributed by atoms with Crippen LogP contribution in [0, 0.1) is 0 Å². The lowest BCUT2D eigenvalue weighted by atomic mass is 10.1. The Hall–Kier alpha value is -5.30. The van der Waals surface area contributed by atoms with Crippen LogP contribution in [0.2, 0.25) is 0 Å². The van der Waals surface area contributed by atoms with Crippen molar-refractivity contribution in [2.75, 3.05) is 5.32 Å². The van der Waals surface area contributed by atoms with Crippen LogP contribution in [0.25, 0.3) is 39.0 Å². The van der Waals surface area contributed by atoms with Crippen LogP contribution >= 0.6 is 0 Å². The molecule has 178 valence electrons. The van der Waals surface area contributed by atoms with Crippen LogP contribution in [-0.2, 0) is 0 Å². The molecular weight excluding hydrogens is 464 g/mol. The van der Waals surface area contributed by atoms with Crippen LogP contribution in [0.4, 0.5) is 6.01 Å². The molecule has 4 aromatic carbocycles. The summed E-state index contributed by atoms with van der Waals surface area (Å²) in [6, 6.07) is 35.1. The van der Waals surface area contributed by atoms with Crippen molar-refractivity contribution in [1.29, 1.82) is 0 Å². The molecule has 0 aliphatic heterocycles. The summed E-state index contributed by atoms with van der Waals surface area (Å²) >= 11 is 0. The van der Waals surface area contributed by atoms with E-state index in [4.69, 9.17) is 4.42 Å². The minimum absolute atomic E-state index is 0.0334. The highest BCUT2D eigenvalue weighted by molar-refractivity contribution is 6.10. The summed E-state index contributed by atoms with van der Waals surface area (Å²) < 4.78 is 7.29. The zero-order valence-electron chi connectivity index (χ0n) is 19.5. The number of carbonyl (C=O) groups is 1. The maximum atomic E-state index is 13.5. The highest BCUT2D eigenvalue weighted by Crippen LogP contribution is 2.34. The normalized spacial score (nSPS) is 10.9. The molecule has 0 spiro atoms. The van der Waals surface area contributed by atoms with Gasteiger partial charge in [0.1, 0.15) is 5.69 Å². The molecule has 0 unspecified atom stereocenters. The van der Waals surface area contributed by atoms with Crippen molar-refractivity contribution < 1.29 is 9.21 Å². The number of anilines is 1. The van der Waals surface area contributed by atoms with Gasteiger partial charge in [-0.1, -0.05) is 97.1 Å². The van der Waals surface area contributed by atoms with Gasteiger partial charge in [0.05, 0.1) is 11.1 Å². The standard InChI is InChI=1S/C30H20N4O3/c35-28(26-23-18-10-11-19-24(23)29(36)34(33-26)22-16-8-3-9-17-22)32-30-31-25(20-12-4-1-5-13-20)27(37-30)21-14-6-2-7-15-21/h1-19H,(H,31,32,35). The Morgan fingerprint density at radius 1 is 0.703 bits per heavy atom. The van der Waals surface area contributed by atoms with E-state index in [1.165, 1.54) is 4.68 Å². The van der Waals surface area contributed by atoms with E-state index >= 15 is 0 Å². The first-order chi connectivity index (χ1) is 18.2. The summed E-state index contributed by atoms with van der Waals surface area (Å²) in [6.45, 7) is 0. The van der Waals surface area contributed by atoms with E-state index in [2.05, 4.69) is 15.4 Å². The fourth-order valence-corrected chi connectivity index (χ4v) is 4.21. The van der Waals surface area contributed by atoms with Crippen LogP contribution < -0.4 is 10.9 Å². The van der Waals surface area contributed by atoms with Crippen molar-refractivity contribution >= 4 is 22.7 Å². The largest absolute Gasteiger partial charge is 0.423 e. The van der Waals surface area contributed by atoms with Gasteiger partial charge in [0, 0.05) is 16.5 Å². The first kappa shape index (κ1) is 22.2. The Bertz CT molecular complexity index is 1720. The van der Waals surface area contributed by atoms with Crippen molar-refractivity contribution in [3.05, 3.63) is 131 Å². The Balaban J connectivity index is 1.45. The number of amides is 1. The van der Waals surface area contributed by atoms with Crippen LogP contribution in [0.15, 0.2) is 124 Å². The Labute approximate surface area is 211 Å². The van der Waals surface area contributed by atoms with Gasteiger partial charge < -0.3 is 4.42 Å². The first-order valence-corrected chi connectivity index (χ1v) is 11.7. The van der Waals surface area contributed by atoms with Gasteiger partial charge in [-0.05, 0) is 18.2 Å². The fourth-order valence-electron chi connectivity index (χ4n) is 4.21. The molecule has 0 saturated carbocycles. The number of hydrogen-bond donors (Lipinski definition) is 1. The van der Waals surface area contributed by atoms with E-state index in [-0.39, 0.29) is 17.3 Å². The van der Waals surface area contributed by atoms with Crippen LogP contribution in [0.1, 0.15) is 10.5 Å². The van der Waals surface area contributed by atoms with Gasteiger partial charge in [-0.2, -0.15) is 14.8 Å². The molecule has 2 aromatic heterocycles. The molecule has 7 heteroatoms. The number of nitrogens with zero attached hydrogens (tertiary/aromatic N) is 3. The SMILES string of the molecule is O=C(Nc1nc(-c2ccccc2)c(-c2ccccc2)o1)c1nn(-c2ccccc2)c(=O)c2ccccc12. The zero-order chi connectivity index (χ0) is 25.2. The number of rotatable bonds is 5. The van der Waals surface area contributed by atoms with E-state index in [1.807, 2.05) is 66.7 Å².